The third kappa shape index (κ3) is 5.38. The minimum absolute atomic E-state index is 0.695. The van der Waals surface area contributed by atoms with Gasteiger partial charge in [0.05, 0.1) is 27.9 Å². The fourth-order valence-corrected chi connectivity index (χ4v) is 8.62. The standard InChI is InChI=1S/C52H36N4/c1-3-16-35(17-4-1)37-20-15-21-38(30-37)46-34-47(54-52(53-46)36-18-5-2-6-19-36)39-31-40(55-48-26-11-7-22-42(48)43-23-8-12-27-49(43)55)33-41(32-39)56-50-28-13-9-24-44(50)45-25-10-14-29-51(45)56/h1-13,15-28,30-34H,14,29H2. The number of allylic oxidation sites excluding steroid dienone is 1. The van der Waals surface area contributed by atoms with E-state index in [4.69, 9.17) is 9.97 Å². The van der Waals surface area contributed by atoms with E-state index < -0.39 is 0 Å². The molecule has 3 aromatic heterocycles. The van der Waals surface area contributed by atoms with Crippen molar-refractivity contribution in [3.8, 4) is 56.4 Å². The van der Waals surface area contributed by atoms with E-state index in [1.54, 1.807) is 0 Å². The summed E-state index contributed by atoms with van der Waals surface area (Å²) in [6.07, 6.45) is 6.60. The summed E-state index contributed by atoms with van der Waals surface area (Å²) in [7, 11) is 0. The number of para-hydroxylation sites is 3. The van der Waals surface area contributed by atoms with Gasteiger partial charge in [-0.05, 0) is 72.5 Å². The van der Waals surface area contributed by atoms with Gasteiger partial charge in [-0.25, -0.2) is 9.97 Å². The third-order valence-corrected chi connectivity index (χ3v) is 11.2. The second kappa shape index (κ2) is 13.2. The van der Waals surface area contributed by atoms with Crippen LogP contribution in [0.15, 0.2) is 188 Å². The first-order valence-corrected chi connectivity index (χ1v) is 19.3. The zero-order valence-electron chi connectivity index (χ0n) is 30.7. The normalized spacial score (nSPS) is 12.4. The lowest BCUT2D eigenvalue weighted by Crippen LogP contribution is -2.05. The molecule has 56 heavy (non-hydrogen) atoms. The van der Waals surface area contributed by atoms with Gasteiger partial charge in [-0.3, -0.25) is 0 Å². The van der Waals surface area contributed by atoms with Gasteiger partial charge in [-0.15, -0.1) is 0 Å². The summed E-state index contributed by atoms with van der Waals surface area (Å²) < 4.78 is 4.90. The summed E-state index contributed by atoms with van der Waals surface area (Å²) in [5.74, 6) is 0.695. The molecule has 0 radical (unpaired) electrons. The van der Waals surface area contributed by atoms with Crippen LogP contribution in [0.25, 0.3) is 95.2 Å². The van der Waals surface area contributed by atoms with Crippen LogP contribution in [0.4, 0.5) is 0 Å². The second-order valence-corrected chi connectivity index (χ2v) is 14.5. The molecule has 11 rings (SSSR count). The van der Waals surface area contributed by atoms with Crippen molar-refractivity contribution >= 4 is 38.8 Å². The number of rotatable bonds is 6. The minimum atomic E-state index is 0.695. The van der Waals surface area contributed by atoms with Gasteiger partial charge in [0.15, 0.2) is 5.82 Å². The van der Waals surface area contributed by atoms with E-state index in [2.05, 4.69) is 197 Å². The van der Waals surface area contributed by atoms with Gasteiger partial charge in [0.1, 0.15) is 0 Å². The number of hydrogen-bond acceptors (Lipinski definition) is 2. The molecule has 0 fully saturated rings. The maximum absolute atomic E-state index is 5.36. The van der Waals surface area contributed by atoms with Gasteiger partial charge in [-0.1, -0.05) is 146 Å². The van der Waals surface area contributed by atoms with Crippen molar-refractivity contribution in [2.45, 2.75) is 12.8 Å². The topological polar surface area (TPSA) is 35.6 Å². The summed E-state index contributed by atoms with van der Waals surface area (Å²) in [6.45, 7) is 0. The molecule has 0 spiro atoms. The van der Waals surface area contributed by atoms with Crippen LogP contribution >= 0.6 is 0 Å². The average Bonchev–Trinajstić information content (AvgIpc) is 3.80. The molecule has 1 aliphatic carbocycles. The Bertz CT molecular complexity index is 3080. The van der Waals surface area contributed by atoms with Crippen LogP contribution in [0.5, 0.6) is 0 Å². The first-order chi connectivity index (χ1) is 27.8. The highest BCUT2D eigenvalue weighted by Crippen LogP contribution is 2.39. The highest BCUT2D eigenvalue weighted by molar-refractivity contribution is 6.09. The third-order valence-electron chi connectivity index (χ3n) is 11.2. The second-order valence-electron chi connectivity index (χ2n) is 14.5. The number of aromatic nitrogens is 4. The Hall–Kier alpha value is -7.30. The molecular weight excluding hydrogens is 681 g/mol. The van der Waals surface area contributed by atoms with Gasteiger partial charge >= 0.3 is 0 Å². The van der Waals surface area contributed by atoms with Crippen molar-refractivity contribution < 1.29 is 0 Å². The summed E-state index contributed by atoms with van der Waals surface area (Å²) >= 11 is 0. The molecule has 0 bridgehead atoms. The number of nitrogens with zero attached hydrogens (tertiary/aromatic N) is 4. The van der Waals surface area contributed by atoms with Crippen LogP contribution in [0, 0.1) is 0 Å². The monoisotopic (exact) mass is 716 g/mol. The zero-order chi connectivity index (χ0) is 37.0. The van der Waals surface area contributed by atoms with E-state index in [-0.39, 0.29) is 0 Å². The first kappa shape index (κ1) is 32.2. The lowest BCUT2D eigenvalue weighted by molar-refractivity contribution is 0.888. The Labute approximate surface area is 325 Å². The lowest BCUT2D eigenvalue weighted by atomic mass is 10.00. The van der Waals surface area contributed by atoms with Crippen molar-refractivity contribution in [2.24, 2.45) is 0 Å². The molecule has 7 aromatic carbocycles. The van der Waals surface area contributed by atoms with Crippen LogP contribution < -0.4 is 0 Å². The Balaban J connectivity index is 1.20. The van der Waals surface area contributed by atoms with Crippen molar-refractivity contribution in [1.82, 2.24) is 19.1 Å². The predicted octanol–water partition coefficient (Wildman–Crippen LogP) is 13.1. The molecule has 4 heteroatoms. The molecule has 0 saturated heterocycles. The maximum Gasteiger partial charge on any atom is 0.160 e. The van der Waals surface area contributed by atoms with E-state index in [9.17, 15) is 0 Å². The average molecular weight is 717 g/mol. The van der Waals surface area contributed by atoms with Crippen molar-refractivity contribution in [3.63, 3.8) is 0 Å². The minimum Gasteiger partial charge on any atom is -0.313 e. The lowest BCUT2D eigenvalue weighted by Gasteiger charge is -2.18. The van der Waals surface area contributed by atoms with Crippen LogP contribution in [0.1, 0.15) is 17.7 Å². The first-order valence-electron chi connectivity index (χ1n) is 19.3. The Kier molecular flexibility index (Phi) is 7.59. The molecule has 0 N–H and O–H groups in total. The highest BCUT2D eigenvalue weighted by atomic mass is 15.0. The molecule has 10 aromatic rings. The molecule has 3 heterocycles. The van der Waals surface area contributed by atoms with Crippen LogP contribution in [0.3, 0.4) is 0 Å². The number of benzene rings is 7. The van der Waals surface area contributed by atoms with Gasteiger partial charge in [-0.2, -0.15) is 0 Å². The number of fused-ring (bicyclic) bond motifs is 6. The zero-order valence-corrected chi connectivity index (χ0v) is 30.7. The molecule has 0 amide bonds. The molecule has 0 unspecified atom stereocenters. The summed E-state index contributed by atoms with van der Waals surface area (Å²) in [6, 6.07) is 65.0. The Morgan fingerprint density at radius 2 is 0.929 bits per heavy atom. The van der Waals surface area contributed by atoms with Crippen LogP contribution in [-0.2, 0) is 6.42 Å². The maximum atomic E-state index is 5.36. The predicted molar refractivity (Wildman–Crippen MR) is 232 cm³/mol. The molecule has 0 saturated carbocycles. The van der Waals surface area contributed by atoms with E-state index in [1.165, 1.54) is 49.5 Å². The van der Waals surface area contributed by atoms with E-state index in [0.29, 0.717) is 5.82 Å². The largest absolute Gasteiger partial charge is 0.313 e. The van der Waals surface area contributed by atoms with Crippen LogP contribution in [0.2, 0.25) is 0 Å². The molecule has 0 aliphatic heterocycles. The van der Waals surface area contributed by atoms with Crippen molar-refractivity contribution in [1.29, 1.82) is 0 Å². The van der Waals surface area contributed by atoms with E-state index >= 15 is 0 Å². The fraction of sp³-hybridized carbons (Fsp3) is 0.0385. The molecule has 0 atom stereocenters. The van der Waals surface area contributed by atoms with Gasteiger partial charge in [0, 0.05) is 55.5 Å². The van der Waals surface area contributed by atoms with Crippen LogP contribution in [-0.4, -0.2) is 19.1 Å². The summed E-state index contributed by atoms with van der Waals surface area (Å²) in [5, 5.41) is 3.74. The van der Waals surface area contributed by atoms with E-state index in [1.807, 2.05) is 6.07 Å². The molecular formula is C52H36N4. The summed E-state index contributed by atoms with van der Waals surface area (Å²) in [5.41, 5.74) is 15.5. The van der Waals surface area contributed by atoms with E-state index in [0.717, 1.165) is 57.9 Å². The fourth-order valence-electron chi connectivity index (χ4n) is 8.62. The SMILES string of the molecule is C1=Cc2c(n(-c3cc(-c4cc(-c5cccc(-c6ccccc6)c5)nc(-c5ccccc5)n4)cc(-n4c5ccccc5c5ccccc54)c3)c3ccccc23)CC1. The van der Waals surface area contributed by atoms with Crippen molar-refractivity contribution in [2.75, 3.05) is 0 Å². The smallest absolute Gasteiger partial charge is 0.160 e. The Morgan fingerprint density at radius 1 is 0.393 bits per heavy atom. The van der Waals surface area contributed by atoms with Gasteiger partial charge in [0.25, 0.3) is 0 Å². The number of hydrogen-bond donors (Lipinski definition) is 0. The molecule has 264 valence electrons. The Morgan fingerprint density at radius 3 is 1.62 bits per heavy atom. The molecule has 4 nitrogen and oxygen atoms in total. The highest BCUT2D eigenvalue weighted by Gasteiger charge is 2.21. The summed E-state index contributed by atoms with van der Waals surface area (Å²) in [4.78, 5) is 10.6. The van der Waals surface area contributed by atoms with Gasteiger partial charge < -0.3 is 9.13 Å². The van der Waals surface area contributed by atoms with Gasteiger partial charge in [0.2, 0.25) is 0 Å². The molecule has 1 aliphatic rings. The van der Waals surface area contributed by atoms with Crippen molar-refractivity contribution in [3.05, 3.63) is 199 Å². The quantitative estimate of drug-likeness (QED) is 0.172.